The van der Waals surface area contributed by atoms with Crippen LogP contribution in [0.5, 0.6) is 11.5 Å². The number of aliphatic hydroxyl groups excluding tert-OH is 1. The molecular formula is C27H22F4N2O5S. The van der Waals surface area contributed by atoms with Crippen LogP contribution in [0.3, 0.4) is 0 Å². The number of para-hydroxylation sites is 1. The highest BCUT2D eigenvalue weighted by molar-refractivity contribution is 7.93. The van der Waals surface area contributed by atoms with Crippen LogP contribution in [-0.2, 0) is 23.1 Å². The van der Waals surface area contributed by atoms with Crippen molar-refractivity contribution >= 4 is 26.6 Å². The lowest BCUT2D eigenvalue weighted by atomic mass is 9.88. The van der Waals surface area contributed by atoms with Crippen LogP contribution in [0.4, 0.5) is 23.2 Å². The summed E-state index contributed by atoms with van der Waals surface area (Å²) in [5, 5.41) is 11.5. The summed E-state index contributed by atoms with van der Waals surface area (Å²) in [7, 11) is -5.56. The van der Waals surface area contributed by atoms with Crippen molar-refractivity contribution in [3.8, 4) is 11.5 Å². The Hall–Kier alpha value is -3.90. The molecule has 0 spiro atoms. The maximum atomic E-state index is 14.4. The van der Waals surface area contributed by atoms with Crippen molar-refractivity contribution in [1.82, 2.24) is 4.98 Å². The van der Waals surface area contributed by atoms with E-state index in [0.29, 0.717) is 39.2 Å². The molecule has 2 unspecified atom stereocenters. The summed E-state index contributed by atoms with van der Waals surface area (Å²) in [5.74, 6) is -0.0336. The van der Waals surface area contributed by atoms with Crippen molar-refractivity contribution in [2.24, 2.45) is 5.92 Å². The monoisotopic (exact) mass is 562 g/mol. The number of rotatable bonds is 7. The number of pyridine rings is 1. The topological polar surface area (TPSA) is 97.8 Å². The predicted molar refractivity (Wildman–Crippen MR) is 135 cm³/mol. The van der Waals surface area contributed by atoms with Crippen LogP contribution in [0.15, 0.2) is 72.8 Å². The lowest BCUT2D eigenvalue weighted by molar-refractivity contribution is -0.0429. The molecule has 0 saturated carbocycles. The van der Waals surface area contributed by atoms with Gasteiger partial charge in [0.25, 0.3) is 0 Å². The van der Waals surface area contributed by atoms with Gasteiger partial charge in [-0.25, -0.2) is 9.37 Å². The standard InChI is InChI=1S/C27H22F4N2O5S/c28-23-12-19(32-24-7-2-1-6-21(23)24)15-37-20-8-9-25-22(13-20)26(34)17(14-38-25)10-16-4-3-5-18(11-16)33-39(35,36)27(29,30)31/h1-9,11-13,17,26,33-34H,10,14-15H2. The molecule has 4 aromatic rings. The van der Waals surface area contributed by atoms with Crippen molar-refractivity contribution in [2.45, 2.75) is 24.6 Å². The lowest BCUT2D eigenvalue weighted by Crippen LogP contribution is -2.30. The van der Waals surface area contributed by atoms with E-state index in [0.717, 1.165) is 0 Å². The fourth-order valence-electron chi connectivity index (χ4n) is 4.38. The second-order valence-electron chi connectivity index (χ2n) is 9.07. The Morgan fingerprint density at radius 1 is 1.05 bits per heavy atom. The molecule has 2 atom stereocenters. The van der Waals surface area contributed by atoms with Gasteiger partial charge in [-0.2, -0.15) is 21.6 Å². The molecule has 0 amide bonds. The zero-order valence-electron chi connectivity index (χ0n) is 20.2. The number of hydrogen-bond acceptors (Lipinski definition) is 6. The van der Waals surface area contributed by atoms with Gasteiger partial charge < -0.3 is 14.6 Å². The first-order valence-corrected chi connectivity index (χ1v) is 13.3. The zero-order valence-corrected chi connectivity index (χ0v) is 21.0. The highest BCUT2D eigenvalue weighted by Crippen LogP contribution is 2.39. The summed E-state index contributed by atoms with van der Waals surface area (Å²) in [6.07, 6.45) is -0.794. The van der Waals surface area contributed by atoms with E-state index < -0.39 is 33.4 Å². The maximum Gasteiger partial charge on any atom is 0.516 e. The number of alkyl halides is 3. The summed E-state index contributed by atoms with van der Waals surface area (Å²) < 4.78 is 88.5. The first kappa shape index (κ1) is 26.7. The Labute approximate surface area is 221 Å². The van der Waals surface area contributed by atoms with E-state index in [9.17, 15) is 31.1 Å². The van der Waals surface area contributed by atoms with Gasteiger partial charge in [0, 0.05) is 22.6 Å². The summed E-state index contributed by atoms with van der Waals surface area (Å²) in [6, 6.07) is 18.6. The second kappa shape index (κ2) is 10.3. The highest BCUT2D eigenvalue weighted by Gasteiger charge is 2.46. The minimum absolute atomic E-state index is 0.0124. The quantitative estimate of drug-likeness (QED) is 0.289. The largest absolute Gasteiger partial charge is 0.516 e. The number of ether oxygens (including phenoxy) is 2. The van der Waals surface area contributed by atoms with Gasteiger partial charge in [-0.05, 0) is 60.5 Å². The summed E-state index contributed by atoms with van der Waals surface area (Å²) in [6.45, 7) is 0.120. The van der Waals surface area contributed by atoms with Gasteiger partial charge in [0.05, 0.1) is 23.9 Å². The predicted octanol–water partition coefficient (Wildman–Crippen LogP) is 5.50. The number of benzene rings is 3. The molecule has 0 bridgehead atoms. The Morgan fingerprint density at radius 3 is 2.64 bits per heavy atom. The number of nitrogens with zero attached hydrogens (tertiary/aromatic N) is 1. The molecule has 0 fully saturated rings. The van der Waals surface area contributed by atoms with Gasteiger partial charge in [-0.1, -0.05) is 24.3 Å². The first-order chi connectivity index (χ1) is 18.5. The van der Waals surface area contributed by atoms with Crippen LogP contribution in [-0.4, -0.2) is 30.6 Å². The summed E-state index contributed by atoms with van der Waals surface area (Å²) in [5.41, 5.74) is -3.84. The van der Waals surface area contributed by atoms with Gasteiger partial charge >= 0.3 is 15.5 Å². The molecule has 3 aromatic carbocycles. The Kier molecular flexibility index (Phi) is 7.08. The lowest BCUT2D eigenvalue weighted by Gasteiger charge is -2.30. The molecule has 0 radical (unpaired) electrons. The highest BCUT2D eigenvalue weighted by atomic mass is 32.2. The second-order valence-corrected chi connectivity index (χ2v) is 10.7. The molecule has 2 N–H and O–H groups in total. The average Bonchev–Trinajstić information content (AvgIpc) is 2.89. The maximum absolute atomic E-state index is 14.4. The molecule has 1 aliphatic rings. The molecule has 1 aliphatic heterocycles. The average molecular weight is 563 g/mol. The van der Waals surface area contributed by atoms with Crippen molar-refractivity contribution in [3.63, 3.8) is 0 Å². The van der Waals surface area contributed by atoms with Crippen LogP contribution < -0.4 is 14.2 Å². The minimum atomic E-state index is -5.56. The van der Waals surface area contributed by atoms with Crippen LogP contribution in [0.1, 0.15) is 22.9 Å². The van der Waals surface area contributed by atoms with Gasteiger partial charge in [0.2, 0.25) is 0 Å². The van der Waals surface area contributed by atoms with E-state index in [2.05, 4.69) is 4.98 Å². The molecule has 2 heterocycles. The zero-order chi connectivity index (χ0) is 27.8. The van der Waals surface area contributed by atoms with Crippen molar-refractivity contribution < 1.29 is 40.6 Å². The number of aliphatic hydroxyl groups is 1. The number of aromatic nitrogens is 1. The van der Waals surface area contributed by atoms with E-state index >= 15 is 0 Å². The van der Waals surface area contributed by atoms with E-state index in [1.165, 1.54) is 29.0 Å². The van der Waals surface area contributed by atoms with Gasteiger partial charge in [0.15, 0.2) is 0 Å². The molecule has 7 nitrogen and oxygen atoms in total. The molecule has 5 rings (SSSR count). The molecule has 12 heteroatoms. The molecule has 204 valence electrons. The molecule has 0 aliphatic carbocycles. The number of sulfonamides is 1. The fourth-order valence-corrected chi connectivity index (χ4v) is 4.94. The number of anilines is 1. The smallest absolute Gasteiger partial charge is 0.493 e. The molecule has 0 saturated heterocycles. The normalized spacial score (nSPS) is 17.4. The summed E-state index contributed by atoms with van der Waals surface area (Å²) >= 11 is 0. The summed E-state index contributed by atoms with van der Waals surface area (Å²) in [4.78, 5) is 4.41. The van der Waals surface area contributed by atoms with Crippen molar-refractivity contribution in [3.05, 3.63) is 95.4 Å². The van der Waals surface area contributed by atoms with E-state index in [1.54, 1.807) is 48.5 Å². The van der Waals surface area contributed by atoms with Gasteiger partial charge in [-0.15, -0.1) is 0 Å². The molecule has 1 aromatic heterocycles. The Bertz CT molecular complexity index is 1630. The van der Waals surface area contributed by atoms with E-state index in [4.69, 9.17) is 9.47 Å². The number of hydrogen-bond donors (Lipinski definition) is 2. The van der Waals surface area contributed by atoms with Crippen LogP contribution in [0.2, 0.25) is 0 Å². The number of halogens is 4. The third-order valence-corrected chi connectivity index (χ3v) is 7.40. The van der Waals surface area contributed by atoms with Gasteiger partial charge in [0.1, 0.15) is 23.9 Å². The number of nitrogens with one attached hydrogen (secondary N) is 1. The van der Waals surface area contributed by atoms with E-state index in [-0.39, 0.29) is 25.3 Å². The Morgan fingerprint density at radius 2 is 1.85 bits per heavy atom. The van der Waals surface area contributed by atoms with Crippen LogP contribution in [0.25, 0.3) is 10.9 Å². The third-order valence-electron chi connectivity index (χ3n) is 6.29. The third kappa shape index (κ3) is 5.76. The van der Waals surface area contributed by atoms with Crippen molar-refractivity contribution in [1.29, 1.82) is 0 Å². The molecule has 39 heavy (non-hydrogen) atoms. The molecular weight excluding hydrogens is 540 g/mol. The SMILES string of the molecule is O=S(=O)(Nc1cccc(CC2COc3ccc(OCc4cc(F)c5ccccc5n4)cc3C2O)c1)C(F)(F)F. The number of fused-ring (bicyclic) bond motifs is 2. The first-order valence-electron chi connectivity index (χ1n) is 11.8. The fraction of sp³-hybridized carbons (Fsp3) is 0.222. The van der Waals surface area contributed by atoms with E-state index in [1.807, 2.05) is 0 Å². The van der Waals surface area contributed by atoms with Crippen LogP contribution in [0, 0.1) is 11.7 Å². The van der Waals surface area contributed by atoms with Crippen LogP contribution >= 0.6 is 0 Å². The Balaban J connectivity index is 1.28. The minimum Gasteiger partial charge on any atom is -0.493 e. The van der Waals surface area contributed by atoms with Gasteiger partial charge in [-0.3, -0.25) is 4.72 Å². The van der Waals surface area contributed by atoms with Crippen molar-refractivity contribution in [2.75, 3.05) is 11.3 Å².